The number of pyridine rings is 1. The number of aryl methyl sites for hydroxylation is 1. The van der Waals surface area contributed by atoms with Crippen molar-refractivity contribution >= 4 is 5.82 Å². The fourth-order valence-electron chi connectivity index (χ4n) is 2.64. The fourth-order valence-corrected chi connectivity index (χ4v) is 2.64. The minimum atomic E-state index is 0.722. The van der Waals surface area contributed by atoms with Gasteiger partial charge < -0.3 is 10.6 Å². The summed E-state index contributed by atoms with van der Waals surface area (Å²) in [5, 5.41) is 6.85. The van der Waals surface area contributed by atoms with Crippen LogP contribution in [0.3, 0.4) is 0 Å². The molecule has 1 aliphatic heterocycles. The zero-order valence-corrected chi connectivity index (χ0v) is 12.3. The Balaban J connectivity index is 1.72. The van der Waals surface area contributed by atoms with E-state index in [9.17, 15) is 0 Å². The van der Waals surface area contributed by atoms with Gasteiger partial charge in [-0.1, -0.05) is 6.07 Å². The molecule has 2 aromatic rings. The van der Waals surface area contributed by atoms with Gasteiger partial charge in [0.05, 0.1) is 11.4 Å². The second-order valence-corrected chi connectivity index (χ2v) is 5.47. The Morgan fingerprint density at radius 1 is 1.19 bits per heavy atom. The quantitative estimate of drug-likeness (QED) is 0.901. The number of nitrogens with zero attached hydrogens (tertiary/aromatic N) is 3. The monoisotopic (exact) mass is 283 g/mol. The molecular weight excluding hydrogens is 262 g/mol. The molecule has 3 heterocycles. The minimum absolute atomic E-state index is 0.722. The first-order valence-electron chi connectivity index (χ1n) is 7.53. The van der Waals surface area contributed by atoms with E-state index in [0.29, 0.717) is 0 Å². The molecule has 5 heteroatoms. The summed E-state index contributed by atoms with van der Waals surface area (Å²) in [4.78, 5) is 13.3. The smallest absolute Gasteiger partial charge is 0.130 e. The molecule has 0 atom stereocenters. The van der Waals surface area contributed by atoms with Crippen molar-refractivity contribution in [2.24, 2.45) is 5.92 Å². The molecular formula is C16H21N5. The Morgan fingerprint density at radius 3 is 2.81 bits per heavy atom. The van der Waals surface area contributed by atoms with Crippen LogP contribution in [-0.4, -0.2) is 34.6 Å². The molecule has 0 unspecified atom stereocenters. The summed E-state index contributed by atoms with van der Waals surface area (Å²) in [6.07, 6.45) is 4.24. The van der Waals surface area contributed by atoms with Gasteiger partial charge in [0, 0.05) is 18.8 Å². The van der Waals surface area contributed by atoms with Gasteiger partial charge in [0.2, 0.25) is 0 Å². The van der Waals surface area contributed by atoms with Crippen LogP contribution in [0, 0.1) is 12.8 Å². The Morgan fingerprint density at radius 2 is 2.05 bits per heavy atom. The van der Waals surface area contributed by atoms with Gasteiger partial charge in [0.25, 0.3) is 0 Å². The highest BCUT2D eigenvalue weighted by molar-refractivity contribution is 5.58. The average Bonchev–Trinajstić information content (AvgIpc) is 2.54. The number of piperidine rings is 1. The lowest BCUT2D eigenvalue weighted by molar-refractivity contribution is 0.389. The maximum absolute atomic E-state index is 4.48. The maximum atomic E-state index is 4.48. The van der Waals surface area contributed by atoms with Crippen molar-refractivity contribution in [3.8, 4) is 11.4 Å². The Labute approximate surface area is 125 Å². The molecule has 0 amide bonds. The van der Waals surface area contributed by atoms with Gasteiger partial charge in [-0.2, -0.15) is 0 Å². The maximum Gasteiger partial charge on any atom is 0.130 e. The standard InChI is InChI=1S/C16H21N5/c1-12-20-15(14-4-2-3-7-18-14)10-16(21-12)19-11-13-5-8-17-9-6-13/h2-4,7,10,13,17H,5-6,8-9,11H2,1H3,(H,19,20,21). The third-order valence-electron chi connectivity index (χ3n) is 3.80. The van der Waals surface area contributed by atoms with Gasteiger partial charge in [-0.3, -0.25) is 4.98 Å². The number of rotatable bonds is 4. The van der Waals surface area contributed by atoms with Crippen molar-refractivity contribution in [1.29, 1.82) is 0 Å². The summed E-state index contributed by atoms with van der Waals surface area (Å²) >= 11 is 0. The Hall–Kier alpha value is -2.01. The zero-order valence-electron chi connectivity index (χ0n) is 12.3. The van der Waals surface area contributed by atoms with Crippen LogP contribution in [-0.2, 0) is 0 Å². The first-order valence-corrected chi connectivity index (χ1v) is 7.53. The summed E-state index contributed by atoms with van der Waals surface area (Å²) < 4.78 is 0. The molecule has 1 saturated heterocycles. The lowest BCUT2D eigenvalue weighted by Crippen LogP contribution is -2.31. The highest BCUT2D eigenvalue weighted by Crippen LogP contribution is 2.18. The first-order chi connectivity index (χ1) is 10.3. The number of nitrogens with one attached hydrogen (secondary N) is 2. The van der Waals surface area contributed by atoms with Crippen LogP contribution in [0.5, 0.6) is 0 Å². The lowest BCUT2D eigenvalue weighted by atomic mass is 9.98. The molecule has 0 radical (unpaired) electrons. The molecule has 0 saturated carbocycles. The fraction of sp³-hybridized carbons (Fsp3) is 0.438. The van der Waals surface area contributed by atoms with E-state index in [-0.39, 0.29) is 0 Å². The van der Waals surface area contributed by atoms with Gasteiger partial charge in [0.1, 0.15) is 11.6 Å². The van der Waals surface area contributed by atoms with Gasteiger partial charge in [-0.05, 0) is 50.9 Å². The van der Waals surface area contributed by atoms with Crippen LogP contribution in [0.15, 0.2) is 30.5 Å². The average molecular weight is 283 g/mol. The molecule has 0 aliphatic carbocycles. The summed E-state index contributed by atoms with van der Waals surface area (Å²) in [6, 6.07) is 7.84. The summed E-state index contributed by atoms with van der Waals surface area (Å²) in [5.74, 6) is 2.38. The predicted molar refractivity (Wildman–Crippen MR) is 84.1 cm³/mol. The van der Waals surface area contributed by atoms with E-state index in [0.717, 1.165) is 48.6 Å². The third kappa shape index (κ3) is 3.76. The van der Waals surface area contributed by atoms with Crippen molar-refractivity contribution in [2.45, 2.75) is 19.8 Å². The van der Waals surface area contributed by atoms with Crippen LogP contribution in [0.25, 0.3) is 11.4 Å². The summed E-state index contributed by atoms with van der Waals surface area (Å²) in [6.45, 7) is 5.13. The molecule has 21 heavy (non-hydrogen) atoms. The molecule has 0 aromatic carbocycles. The van der Waals surface area contributed by atoms with E-state index in [1.165, 1.54) is 12.8 Å². The SMILES string of the molecule is Cc1nc(NCC2CCNCC2)cc(-c2ccccn2)n1. The molecule has 0 bridgehead atoms. The number of hydrogen-bond donors (Lipinski definition) is 2. The van der Waals surface area contributed by atoms with E-state index >= 15 is 0 Å². The normalized spacial score (nSPS) is 15.9. The third-order valence-corrected chi connectivity index (χ3v) is 3.80. The van der Waals surface area contributed by atoms with Crippen molar-refractivity contribution in [1.82, 2.24) is 20.3 Å². The van der Waals surface area contributed by atoms with E-state index in [1.54, 1.807) is 6.20 Å². The predicted octanol–water partition coefficient (Wildman–Crippen LogP) is 2.26. The molecule has 2 N–H and O–H groups in total. The molecule has 110 valence electrons. The van der Waals surface area contributed by atoms with E-state index in [1.807, 2.05) is 31.2 Å². The van der Waals surface area contributed by atoms with Crippen molar-refractivity contribution < 1.29 is 0 Å². The van der Waals surface area contributed by atoms with Crippen LogP contribution in [0.1, 0.15) is 18.7 Å². The van der Waals surface area contributed by atoms with Gasteiger partial charge in [0.15, 0.2) is 0 Å². The molecule has 0 spiro atoms. The molecule has 1 fully saturated rings. The van der Waals surface area contributed by atoms with Crippen LogP contribution in [0.4, 0.5) is 5.82 Å². The molecule has 1 aliphatic rings. The van der Waals surface area contributed by atoms with E-state index < -0.39 is 0 Å². The molecule has 3 rings (SSSR count). The largest absolute Gasteiger partial charge is 0.370 e. The second-order valence-electron chi connectivity index (χ2n) is 5.47. The van der Waals surface area contributed by atoms with Crippen molar-refractivity contribution in [3.05, 3.63) is 36.3 Å². The Bertz CT molecular complexity index is 578. The lowest BCUT2D eigenvalue weighted by Gasteiger charge is -2.23. The number of aromatic nitrogens is 3. The molecule has 2 aromatic heterocycles. The van der Waals surface area contributed by atoms with E-state index in [4.69, 9.17) is 0 Å². The highest BCUT2D eigenvalue weighted by Gasteiger charge is 2.13. The zero-order chi connectivity index (χ0) is 14.5. The summed E-state index contributed by atoms with van der Waals surface area (Å²) in [7, 11) is 0. The number of anilines is 1. The van der Waals surface area contributed by atoms with Crippen LogP contribution in [0.2, 0.25) is 0 Å². The number of hydrogen-bond acceptors (Lipinski definition) is 5. The summed E-state index contributed by atoms with van der Waals surface area (Å²) in [5.41, 5.74) is 1.75. The minimum Gasteiger partial charge on any atom is -0.370 e. The molecule has 5 nitrogen and oxygen atoms in total. The van der Waals surface area contributed by atoms with Crippen molar-refractivity contribution in [3.63, 3.8) is 0 Å². The van der Waals surface area contributed by atoms with Gasteiger partial charge in [-0.15, -0.1) is 0 Å². The Kier molecular flexibility index (Phi) is 4.40. The van der Waals surface area contributed by atoms with Gasteiger partial charge in [-0.25, -0.2) is 9.97 Å². The topological polar surface area (TPSA) is 62.7 Å². The van der Waals surface area contributed by atoms with Crippen LogP contribution >= 0.6 is 0 Å². The van der Waals surface area contributed by atoms with Crippen LogP contribution < -0.4 is 10.6 Å². The van der Waals surface area contributed by atoms with Gasteiger partial charge >= 0.3 is 0 Å². The second kappa shape index (κ2) is 6.63. The van der Waals surface area contributed by atoms with Crippen molar-refractivity contribution in [2.75, 3.05) is 25.0 Å². The highest BCUT2D eigenvalue weighted by atomic mass is 15.0. The first kappa shape index (κ1) is 13.9. The van der Waals surface area contributed by atoms with E-state index in [2.05, 4.69) is 25.6 Å².